The van der Waals surface area contributed by atoms with Crippen molar-refractivity contribution in [3.05, 3.63) is 0 Å². The number of hydrogen-bond acceptors (Lipinski definition) is 4. The number of carbonyl (C=O) groups excluding carboxylic acids is 2. The third-order valence-electron chi connectivity index (χ3n) is 6.04. The average Bonchev–Trinajstić information content (AvgIpc) is 3.10. The summed E-state index contributed by atoms with van der Waals surface area (Å²) >= 11 is 0. The van der Waals surface area contributed by atoms with Crippen LogP contribution in [0.1, 0.15) is 72.6 Å². The number of ether oxygens (including phenoxy) is 2. The normalized spacial score (nSPS) is 32.6. The molecule has 0 N–H and O–H groups in total. The number of unbranched alkanes of at least 4 members (excludes halogenated alkanes) is 2. The van der Waals surface area contributed by atoms with Crippen molar-refractivity contribution in [2.45, 2.75) is 78.7 Å². The maximum absolute atomic E-state index is 12.9. The Kier molecular flexibility index (Phi) is 7.12. The molecule has 2 bridgehead atoms. The van der Waals surface area contributed by atoms with Crippen LogP contribution in [0.15, 0.2) is 0 Å². The van der Waals surface area contributed by atoms with Crippen molar-refractivity contribution in [3.63, 3.8) is 0 Å². The van der Waals surface area contributed by atoms with E-state index in [0.29, 0.717) is 18.4 Å². The molecule has 0 heterocycles. The Labute approximate surface area is 146 Å². The Morgan fingerprint density at radius 3 is 2.42 bits per heavy atom. The van der Waals surface area contributed by atoms with E-state index in [1.54, 1.807) is 0 Å². The van der Waals surface area contributed by atoms with Crippen LogP contribution in [-0.4, -0.2) is 24.6 Å². The fourth-order valence-corrected chi connectivity index (χ4v) is 4.79. The Morgan fingerprint density at radius 2 is 1.79 bits per heavy atom. The molecule has 2 aliphatic rings. The van der Waals surface area contributed by atoms with E-state index in [-0.39, 0.29) is 35.8 Å². The Bertz CT molecular complexity index is 433. The molecule has 0 spiro atoms. The van der Waals surface area contributed by atoms with Crippen LogP contribution in [0.5, 0.6) is 0 Å². The molecule has 0 radical (unpaired) electrons. The molecule has 4 heteroatoms. The van der Waals surface area contributed by atoms with Gasteiger partial charge in [-0.1, -0.05) is 33.6 Å². The minimum atomic E-state index is -0.293. The maximum atomic E-state index is 12.9. The number of esters is 2. The van der Waals surface area contributed by atoms with E-state index in [9.17, 15) is 9.59 Å². The van der Waals surface area contributed by atoms with Crippen molar-refractivity contribution in [2.24, 2.45) is 29.6 Å². The Hall–Kier alpha value is -1.06. The van der Waals surface area contributed by atoms with E-state index in [1.807, 2.05) is 6.92 Å². The van der Waals surface area contributed by atoms with E-state index >= 15 is 0 Å². The highest BCUT2D eigenvalue weighted by atomic mass is 16.5. The summed E-state index contributed by atoms with van der Waals surface area (Å²) in [5.41, 5.74) is 0. The fraction of sp³-hybridized carbons (Fsp3) is 0.900. The molecule has 138 valence electrons. The van der Waals surface area contributed by atoms with E-state index in [1.165, 1.54) is 12.8 Å². The number of rotatable bonds is 9. The summed E-state index contributed by atoms with van der Waals surface area (Å²) in [6, 6.07) is 0. The molecular formula is C20H34O4. The predicted octanol–water partition coefficient (Wildman–Crippen LogP) is 4.36. The lowest BCUT2D eigenvalue weighted by atomic mass is 9.74. The first kappa shape index (κ1) is 19.3. The van der Waals surface area contributed by atoms with Crippen LogP contribution < -0.4 is 0 Å². The van der Waals surface area contributed by atoms with Gasteiger partial charge in [0.2, 0.25) is 0 Å². The minimum Gasteiger partial charge on any atom is -0.466 e. The third kappa shape index (κ3) is 4.12. The summed E-state index contributed by atoms with van der Waals surface area (Å²) in [4.78, 5) is 25.3. The highest BCUT2D eigenvalue weighted by Gasteiger charge is 2.58. The Morgan fingerprint density at radius 1 is 1.04 bits per heavy atom. The van der Waals surface area contributed by atoms with Crippen LogP contribution in [0.25, 0.3) is 0 Å². The van der Waals surface area contributed by atoms with E-state index in [4.69, 9.17) is 9.47 Å². The fourth-order valence-electron chi connectivity index (χ4n) is 4.79. The third-order valence-corrected chi connectivity index (χ3v) is 6.04. The molecule has 2 aliphatic carbocycles. The highest BCUT2D eigenvalue weighted by Crippen LogP contribution is 2.56. The lowest BCUT2D eigenvalue weighted by Gasteiger charge is -2.32. The van der Waals surface area contributed by atoms with Gasteiger partial charge in [-0.15, -0.1) is 0 Å². The van der Waals surface area contributed by atoms with Crippen molar-refractivity contribution in [1.29, 1.82) is 0 Å². The second kappa shape index (κ2) is 8.87. The summed E-state index contributed by atoms with van der Waals surface area (Å²) in [5, 5.41) is 0. The first-order valence-electron chi connectivity index (χ1n) is 9.90. The SMILES string of the molecule is CCCCCC(CC)OC(=O)C1C2CC(CC2C)C1C(=O)OCC. The average molecular weight is 338 g/mol. The van der Waals surface area contributed by atoms with E-state index < -0.39 is 0 Å². The van der Waals surface area contributed by atoms with E-state index in [2.05, 4.69) is 20.8 Å². The standard InChI is InChI=1S/C20H34O4/c1-5-8-9-10-15(6-2)24-20(22)18-16-12-14(11-13(16)4)17(18)19(21)23-7-3/h13-18H,5-12H2,1-4H3. The van der Waals surface area contributed by atoms with Gasteiger partial charge in [-0.25, -0.2) is 0 Å². The molecule has 24 heavy (non-hydrogen) atoms. The molecule has 0 aliphatic heterocycles. The zero-order valence-corrected chi connectivity index (χ0v) is 15.8. The largest absolute Gasteiger partial charge is 0.466 e. The number of carbonyl (C=O) groups is 2. The molecular weight excluding hydrogens is 304 g/mol. The summed E-state index contributed by atoms with van der Waals surface area (Å²) in [7, 11) is 0. The van der Waals surface area contributed by atoms with Gasteiger partial charge in [0, 0.05) is 0 Å². The minimum absolute atomic E-state index is 0.0127. The molecule has 4 nitrogen and oxygen atoms in total. The van der Waals surface area contributed by atoms with Gasteiger partial charge in [0.1, 0.15) is 6.10 Å². The summed E-state index contributed by atoms with van der Waals surface area (Å²) in [5.74, 6) is 0.142. The van der Waals surface area contributed by atoms with Crippen molar-refractivity contribution in [1.82, 2.24) is 0 Å². The first-order chi connectivity index (χ1) is 11.5. The molecule has 2 saturated carbocycles. The topological polar surface area (TPSA) is 52.6 Å². The van der Waals surface area contributed by atoms with Crippen LogP contribution >= 0.6 is 0 Å². The second-order valence-corrected chi connectivity index (χ2v) is 7.64. The van der Waals surface area contributed by atoms with Gasteiger partial charge in [0.15, 0.2) is 0 Å². The van der Waals surface area contributed by atoms with Crippen LogP contribution in [-0.2, 0) is 19.1 Å². The number of hydrogen-bond donors (Lipinski definition) is 0. The molecule has 6 unspecified atom stereocenters. The first-order valence-corrected chi connectivity index (χ1v) is 9.90. The Balaban J connectivity index is 2.02. The molecule has 2 fully saturated rings. The summed E-state index contributed by atoms with van der Waals surface area (Å²) in [6.45, 7) is 8.63. The van der Waals surface area contributed by atoms with Crippen LogP contribution in [0.3, 0.4) is 0 Å². The smallest absolute Gasteiger partial charge is 0.310 e. The summed E-state index contributed by atoms with van der Waals surface area (Å²) < 4.78 is 11.1. The second-order valence-electron chi connectivity index (χ2n) is 7.64. The molecule has 0 aromatic rings. The maximum Gasteiger partial charge on any atom is 0.310 e. The molecule has 0 saturated heterocycles. The van der Waals surface area contributed by atoms with Crippen molar-refractivity contribution in [2.75, 3.05) is 6.61 Å². The van der Waals surface area contributed by atoms with Gasteiger partial charge in [-0.05, 0) is 56.8 Å². The molecule has 0 aromatic carbocycles. The molecule has 0 aromatic heterocycles. The van der Waals surface area contributed by atoms with Gasteiger partial charge in [0.25, 0.3) is 0 Å². The van der Waals surface area contributed by atoms with Crippen LogP contribution in [0.4, 0.5) is 0 Å². The van der Waals surface area contributed by atoms with Gasteiger partial charge in [0.05, 0.1) is 18.4 Å². The van der Waals surface area contributed by atoms with E-state index in [0.717, 1.165) is 32.1 Å². The lowest BCUT2D eigenvalue weighted by Crippen LogP contribution is -2.40. The van der Waals surface area contributed by atoms with Gasteiger partial charge in [-0.3, -0.25) is 9.59 Å². The van der Waals surface area contributed by atoms with Crippen LogP contribution in [0.2, 0.25) is 0 Å². The predicted molar refractivity (Wildman–Crippen MR) is 93.3 cm³/mol. The molecule has 6 atom stereocenters. The zero-order valence-electron chi connectivity index (χ0n) is 15.8. The van der Waals surface area contributed by atoms with Crippen LogP contribution in [0, 0.1) is 29.6 Å². The quantitative estimate of drug-likeness (QED) is 0.463. The number of fused-ring (bicyclic) bond motifs is 2. The monoisotopic (exact) mass is 338 g/mol. The molecule has 2 rings (SSSR count). The van der Waals surface area contributed by atoms with Gasteiger partial charge < -0.3 is 9.47 Å². The molecule has 0 amide bonds. The van der Waals surface area contributed by atoms with Gasteiger partial charge in [-0.2, -0.15) is 0 Å². The van der Waals surface area contributed by atoms with Crippen molar-refractivity contribution in [3.8, 4) is 0 Å². The lowest BCUT2D eigenvalue weighted by molar-refractivity contribution is -0.168. The van der Waals surface area contributed by atoms with Crippen molar-refractivity contribution < 1.29 is 19.1 Å². The van der Waals surface area contributed by atoms with Crippen molar-refractivity contribution >= 4 is 11.9 Å². The summed E-state index contributed by atoms with van der Waals surface area (Å²) in [6.07, 6.45) is 7.19. The zero-order chi connectivity index (χ0) is 17.7. The highest BCUT2D eigenvalue weighted by molar-refractivity contribution is 5.84. The van der Waals surface area contributed by atoms with Gasteiger partial charge >= 0.3 is 11.9 Å².